The van der Waals surface area contributed by atoms with E-state index in [0.29, 0.717) is 17.7 Å². The first-order valence-electron chi connectivity index (χ1n) is 8.39. The van der Waals surface area contributed by atoms with Crippen LogP contribution in [0, 0.1) is 0 Å². The van der Waals surface area contributed by atoms with Crippen LogP contribution < -0.4 is 9.62 Å². The maximum Gasteiger partial charge on any atom is 0.293 e. The lowest BCUT2D eigenvalue weighted by molar-refractivity contribution is 0.102. The first kappa shape index (κ1) is 19.0. The van der Waals surface area contributed by atoms with E-state index < -0.39 is 10.0 Å². The fraction of sp³-hybridized carbons (Fsp3) is 0.167. The van der Waals surface area contributed by atoms with E-state index in [1.807, 2.05) is 31.2 Å². The molecule has 144 valence electrons. The minimum absolute atomic E-state index is 0.128. The van der Waals surface area contributed by atoms with Crippen LogP contribution in [0.2, 0.25) is 0 Å². The quantitative estimate of drug-likeness (QED) is 0.577. The van der Waals surface area contributed by atoms with Gasteiger partial charge in [-0.15, -0.1) is 10.2 Å². The van der Waals surface area contributed by atoms with Crippen LogP contribution in [0.15, 0.2) is 57.3 Å². The highest BCUT2D eigenvalue weighted by atomic mass is 79.9. The second kappa shape index (κ2) is 7.26. The average molecular weight is 479 g/mol. The van der Waals surface area contributed by atoms with E-state index in [0.717, 1.165) is 21.4 Å². The predicted molar refractivity (Wildman–Crippen MR) is 111 cm³/mol. The summed E-state index contributed by atoms with van der Waals surface area (Å²) >= 11 is 4.15. The van der Waals surface area contributed by atoms with Crippen LogP contribution in [0.25, 0.3) is 0 Å². The fourth-order valence-electron chi connectivity index (χ4n) is 3.15. The van der Waals surface area contributed by atoms with Crippen LogP contribution in [0.1, 0.15) is 22.8 Å². The zero-order valence-corrected chi connectivity index (χ0v) is 17.9. The van der Waals surface area contributed by atoms with Crippen LogP contribution in [-0.4, -0.2) is 30.6 Å². The summed E-state index contributed by atoms with van der Waals surface area (Å²) in [5, 5.41) is 10.4. The largest absolute Gasteiger partial charge is 0.296 e. The molecule has 1 amide bonds. The zero-order valence-electron chi connectivity index (χ0n) is 14.7. The van der Waals surface area contributed by atoms with E-state index in [1.54, 1.807) is 24.3 Å². The first-order chi connectivity index (χ1) is 13.4. The minimum Gasteiger partial charge on any atom is -0.296 e. The fourth-order valence-corrected chi connectivity index (χ4v) is 6.22. The van der Waals surface area contributed by atoms with Gasteiger partial charge in [0.1, 0.15) is 0 Å². The standard InChI is InChI=1S/C18H15BrN4O3S2/c1-11-9-12-5-2-3-8-15(12)23(11)28(25,26)18-22-21-17(27-18)20-16(24)13-6-4-7-14(19)10-13/h2-8,10-11H,9H2,1H3,(H,20,21,24)/t11-/m0/s1. The molecule has 1 aliphatic rings. The van der Waals surface area contributed by atoms with Gasteiger partial charge in [-0.2, -0.15) is 8.42 Å². The van der Waals surface area contributed by atoms with Gasteiger partial charge in [0, 0.05) is 16.1 Å². The number of fused-ring (bicyclic) bond motifs is 1. The normalized spacial score (nSPS) is 16.1. The molecule has 0 bridgehead atoms. The van der Waals surface area contributed by atoms with Crippen molar-refractivity contribution in [2.75, 3.05) is 9.62 Å². The lowest BCUT2D eigenvalue weighted by Crippen LogP contribution is -2.35. The highest BCUT2D eigenvalue weighted by Gasteiger charge is 2.38. The molecular formula is C18H15BrN4O3S2. The molecule has 0 unspecified atom stereocenters. The van der Waals surface area contributed by atoms with Crippen molar-refractivity contribution < 1.29 is 13.2 Å². The number of rotatable bonds is 4. The molecular weight excluding hydrogens is 464 g/mol. The molecule has 4 rings (SSSR count). The summed E-state index contributed by atoms with van der Waals surface area (Å²) in [7, 11) is -3.87. The summed E-state index contributed by atoms with van der Waals surface area (Å²) < 4.78 is 28.3. The molecule has 1 N–H and O–H groups in total. The summed E-state index contributed by atoms with van der Waals surface area (Å²) in [4.78, 5) is 12.3. The van der Waals surface area contributed by atoms with E-state index in [9.17, 15) is 13.2 Å². The van der Waals surface area contributed by atoms with E-state index in [1.165, 1.54) is 4.31 Å². The van der Waals surface area contributed by atoms with Crippen molar-refractivity contribution in [1.29, 1.82) is 0 Å². The van der Waals surface area contributed by atoms with Crippen molar-refractivity contribution in [2.45, 2.75) is 23.7 Å². The van der Waals surface area contributed by atoms with Gasteiger partial charge in [0.25, 0.3) is 20.3 Å². The Bertz CT molecular complexity index is 1160. The number of carbonyl (C=O) groups excluding carboxylic acids is 1. The van der Waals surface area contributed by atoms with Gasteiger partial charge in [-0.25, -0.2) is 0 Å². The Morgan fingerprint density at radius 2 is 2.00 bits per heavy atom. The van der Waals surface area contributed by atoms with Gasteiger partial charge in [0.15, 0.2) is 0 Å². The molecule has 1 aliphatic heterocycles. The molecule has 1 atom stereocenters. The molecule has 2 heterocycles. The number of para-hydroxylation sites is 1. The zero-order chi connectivity index (χ0) is 19.9. The number of amides is 1. The van der Waals surface area contributed by atoms with Gasteiger partial charge in [-0.05, 0) is 43.2 Å². The number of aromatic nitrogens is 2. The van der Waals surface area contributed by atoms with Gasteiger partial charge in [0.2, 0.25) is 5.13 Å². The molecule has 0 aliphatic carbocycles. The monoisotopic (exact) mass is 478 g/mol. The predicted octanol–water partition coefficient (Wildman–Crippen LogP) is 3.69. The van der Waals surface area contributed by atoms with Gasteiger partial charge < -0.3 is 0 Å². The topological polar surface area (TPSA) is 92.3 Å². The Kier molecular flexibility index (Phi) is 4.94. The maximum atomic E-state index is 13.1. The molecule has 1 aromatic heterocycles. The number of anilines is 2. The van der Waals surface area contributed by atoms with Crippen molar-refractivity contribution in [3.63, 3.8) is 0 Å². The molecule has 0 saturated carbocycles. The number of hydrogen-bond acceptors (Lipinski definition) is 6. The summed E-state index contributed by atoms with van der Waals surface area (Å²) in [5.74, 6) is -0.388. The lowest BCUT2D eigenvalue weighted by atomic mass is 10.1. The van der Waals surface area contributed by atoms with Crippen LogP contribution in [-0.2, 0) is 16.4 Å². The van der Waals surface area contributed by atoms with Crippen molar-refractivity contribution in [3.05, 3.63) is 64.1 Å². The summed E-state index contributed by atoms with van der Waals surface area (Å²) in [6, 6.07) is 14.1. The smallest absolute Gasteiger partial charge is 0.293 e. The van der Waals surface area contributed by atoms with Crippen LogP contribution >= 0.6 is 27.3 Å². The van der Waals surface area contributed by atoms with Crippen LogP contribution in [0.3, 0.4) is 0 Å². The van der Waals surface area contributed by atoms with Gasteiger partial charge in [-0.1, -0.05) is 51.5 Å². The molecule has 0 radical (unpaired) electrons. The minimum atomic E-state index is -3.87. The highest BCUT2D eigenvalue weighted by Crippen LogP contribution is 2.37. The third-order valence-electron chi connectivity index (χ3n) is 4.34. The lowest BCUT2D eigenvalue weighted by Gasteiger charge is -2.22. The second-order valence-corrected chi connectivity index (χ2v) is 10.2. The SMILES string of the molecule is C[C@H]1Cc2ccccc2N1S(=O)(=O)c1nnc(NC(=O)c2cccc(Br)c2)s1. The number of benzene rings is 2. The molecule has 3 aromatic rings. The van der Waals surface area contributed by atoms with E-state index >= 15 is 0 Å². The summed E-state index contributed by atoms with van der Waals surface area (Å²) in [6.07, 6.45) is 0.640. The number of carbonyl (C=O) groups is 1. The highest BCUT2D eigenvalue weighted by molar-refractivity contribution is 9.10. The van der Waals surface area contributed by atoms with E-state index in [4.69, 9.17) is 0 Å². The molecule has 28 heavy (non-hydrogen) atoms. The van der Waals surface area contributed by atoms with Gasteiger partial charge in [-0.3, -0.25) is 14.4 Å². The van der Waals surface area contributed by atoms with Crippen molar-refractivity contribution in [1.82, 2.24) is 10.2 Å². The molecule has 7 nitrogen and oxygen atoms in total. The summed E-state index contributed by atoms with van der Waals surface area (Å²) in [5.41, 5.74) is 2.06. The third kappa shape index (κ3) is 3.43. The average Bonchev–Trinajstić information content (AvgIpc) is 3.25. The molecule has 2 aromatic carbocycles. The summed E-state index contributed by atoms with van der Waals surface area (Å²) in [6.45, 7) is 1.86. The van der Waals surface area contributed by atoms with Crippen molar-refractivity contribution >= 4 is 54.0 Å². The van der Waals surface area contributed by atoms with Gasteiger partial charge in [0.05, 0.1) is 5.69 Å². The Morgan fingerprint density at radius 1 is 1.21 bits per heavy atom. The number of halogens is 1. The molecule has 10 heteroatoms. The molecule has 0 saturated heterocycles. The Morgan fingerprint density at radius 3 is 2.79 bits per heavy atom. The number of nitrogens with one attached hydrogen (secondary N) is 1. The number of nitrogens with zero attached hydrogens (tertiary/aromatic N) is 3. The van der Waals surface area contributed by atoms with Crippen LogP contribution in [0.4, 0.5) is 10.8 Å². The molecule has 0 spiro atoms. The third-order valence-corrected chi connectivity index (χ3v) is 7.94. The molecule has 0 fully saturated rings. The van der Waals surface area contributed by atoms with Crippen molar-refractivity contribution in [3.8, 4) is 0 Å². The Hall–Kier alpha value is -2.30. The van der Waals surface area contributed by atoms with Gasteiger partial charge >= 0.3 is 0 Å². The van der Waals surface area contributed by atoms with E-state index in [-0.39, 0.29) is 21.4 Å². The first-order valence-corrected chi connectivity index (χ1v) is 11.4. The Balaban J connectivity index is 1.59. The van der Waals surface area contributed by atoms with E-state index in [2.05, 4.69) is 31.4 Å². The maximum absolute atomic E-state index is 13.1. The van der Waals surface area contributed by atoms with Crippen molar-refractivity contribution in [2.24, 2.45) is 0 Å². The second-order valence-electron chi connectivity index (χ2n) is 6.32. The Labute approximate surface area is 174 Å². The number of sulfonamides is 1. The van der Waals surface area contributed by atoms with Crippen LogP contribution in [0.5, 0.6) is 0 Å². The number of hydrogen-bond donors (Lipinski definition) is 1.